The van der Waals surface area contributed by atoms with Crippen LogP contribution in [0.2, 0.25) is 0 Å². The fourth-order valence-electron chi connectivity index (χ4n) is 0.0772. The minimum absolute atomic E-state index is 0.988. The van der Waals surface area contributed by atoms with Gasteiger partial charge >= 0.3 is 16.7 Å². The quantitative estimate of drug-likeness (QED) is 0.385. The van der Waals surface area contributed by atoms with E-state index in [0.717, 1.165) is 0 Å². The van der Waals surface area contributed by atoms with Gasteiger partial charge in [-0.15, -0.1) is 0 Å². The molecule has 0 aromatic carbocycles. The summed E-state index contributed by atoms with van der Waals surface area (Å²) in [7, 11) is -6.09. The number of hydrogen-bond acceptors (Lipinski definition) is 0. The Bertz CT molecular complexity index is 77.5. The topological polar surface area (TPSA) is 37.3 Å². The van der Waals surface area contributed by atoms with Crippen molar-refractivity contribution in [1.29, 1.82) is 0 Å². The van der Waals surface area contributed by atoms with E-state index in [1.807, 2.05) is 0 Å². The van der Waals surface area contributed by atoms with Crippen LogP contribution in [0.1, 0.15) is 0 Å². The van der Waals surface area contributed by atoms with Crippen molar-refractivity contribution in [3.05, 3.63) is 0 Å². The van der Waals surface area contributed by atoms with E-state index >= 15 is 0 Å². The fraction of sp³-hybridized carbons (Fsp3) is 0. The highest BCUT2D eigenvalue weighted by atomic mass is 28.2. The fourth-order valence-corrected chi connectivity index (χ4v) is 0.231. The Labute approximate surface area is 40.3 Å². The second-order valence-corrected chi connectivity index (χ2v) is 1.22. The molecule has 0 aliphatic carbocycles. The van der Waals surface area contributed by atoms with Gasteiger partial charge in [0, 0.05) is 0 Å². The molecule has 0 saturated heterocycles. The minimum Gasteiger partial charge on any atom is -0.567 e. The second kappa shape index (κ2) is 2.10. The first-order valence-corrected chi connectivity index (χ1v) is 2.37. The second-order valence-electron chi connectivity index (χ2n) is 0.750. The first-order chi connectivity index (χ1) is 3.06. The number of halogens is 3. The molecule has 7 heteroatoms. The summed E-state index contributed by atoms with van der Waals surface area (Å²) >= 11 is 0. The summed E-state index contributed by atoms with van der Waals surface area (Å²) < 4.78 is 35.6. The Morgan fingerprint density at radius 2 is 1.86 bits per heavy atom. The monoisotopic (exact) mass is 128 g/mol. The zero-order chi connectivity index (χ0) is 5.91. The van der Waals surface area contributed by atoms with Crippen LogP contribution in [0.5, 0.6) is 0 Å². The normalized spacial score (nSPS) is 13.0. The van der Waals surface area contributed by atoms with Crippen LogP contribution in [0.25, 0.3) is 0 Å². The molecule has 0 bridgehead atoms. The highest BCUT2D eigenvalue weighted by Gasteiger charge is 2.41. The van der Waals surface area contributed by atoms with Gasteiger partial charge in [0.1, 0.15) is 0 Å². The molecule has 0 amide bonds. The van der Waals surface area contributed by atoms with Crippen molar-refractivity contribution in [2.75, 3.05) is 0 Å². The van der Waals surface area contributed by atoms with Crippen LogP contribution in [0, 0.1) is 0 Å². The van der Waals surface area contributed by atoms with E-state index in [2.05, 4.69) is 9.41 Å². The molecule has 0 fully saturated rings. The predicted octanol–water partition coefficient (Wildman–Crippen LogP) is -0.210. The van der Waals surface area contributed by atoms with Crippen molar-refractivity contribution in [3.8, 4) is 0 Å². The van der Waals surface area contributed by atoms with Crippen LogP contribution in [-0.2, 0) is 4.01 Å². The average molecular weight is 128 g/mol. The Hall–Kier alpha value is -0.328. The van der Waals surface area contributed by atoms with Crippen LogP contribution in [0.4, 0.5) is 12.9 Å². The minimum atomic E-state index is -5.11. The first-order valence-electron chi connectivity index (χ1n) is 1.38. The maximum atomic E-state index is 10.8. The molecule has 2 nitrogen and oxygen atoms in total. The lowest BCUT2D eigenvalue weighted by atomic mass is 10.3. The number of nitrogens with two attached hydrogens (primary N) is 1. The molecule has 0 aliphatic heterocycles. The van der Waals surface area contributed by atoms with E-state index in [0.29, 0.717) is 0 Å². The Morgan fingerprint density at radius 3 is 1.86 bits per heavy atom. The van der Waals surface area contributed by atoms with Crippen LogP contribution in [0.3, 0.4) is 0 Å². The van der Waals surface area contributed by atoms with E-state index in [4.69, 9.17) is 0 Å². The summed E-state index contributed by atoms with van der Waals surface area (Å²) in [4.78, 5) is 0. The predicted molar refractivity (Wildman–Crippen MR) is 19.7 cm³/mol. The smallest absolute Gasteiger partial charge is 0.567 e. The van der Waals surface area contributed by atoms with Gasteiger partial charge in [-0.3, -0.25) is 0 Å². The largest absolute Gasteiger partial charge is 0.943 e. The summed E-state index contributed by atoms with van der Waals surface area (Å²) in [6.07, 6.45) is 0. The van der Waals surface area contributed by atoms with Crippen molar-refractivity contribution in [1.82, 2.24) is 0 Å². The molecule has 2 N–H and O–H groups in total. The average Bonchev–Trinajstić information content (AvgIpc) is 1.30. The molecule has 0 heterocycles. The molecule has 0 aliphatic rings. The molecule has 0 aromatic heterocycles. The van der Waals surface area contributed by atoms with E-state index in [-0.39, 0.29) is 0 Å². The Morgan fingerprint density at radius 1 is 1.43 bits per heavy atom. The Balaban J connectivity index is 3.56. The third-order valence-electron chi connectivity index (χ3n) is 0.202. The SMILES string of the molecule is N[Si]=[O+][B-](F)(F)F. The summed E-state index contributed by atoms with van der Waals surface area (Å²) in [5.41, 5.74) is 0. The molecular formula is H2BF3NOSi. The molecule has 7 heavy (non-hydrogen) atoms. The Kier molecular flexibility index (Phi) is 2.00. The first kappa shape index (κ1) is 6.67. The molecule has 0 aromatic rings. The van der Waals surface area contributed by atoms with E-state index in [1.165, 1.54) is 0 Å². The lowest BCUT2D eigenvalue weighted by Gasteiger charge is -1.90. The molecular weight excluding hydrogens is 126 g/mol. The van der Waals surface area contributed by atoms with Gasteiger partial charge < -0.3 is 22.4 Å². The molecule has 0 saturated carbocycles. The lowest BCUT2D eigenvalue weighted by Crippen LogP contribution is -2.18. The molecule has 41 valence electrons. The van der Waals surface area contributed by atoms with E-state index in [9.17, 15) is 12.9 Å². The van der Waals surface area contributed by atoms with Crippen molar-refractivity contribution in [2.24, 2.45) is 5.40 Å². The standard InChI is InChI=1S/BF3H2NOSi/c2-1(3,4)6-7-5/h5H2. The van der Waals surface area contributed by atoms with Crippen molar-refractivity contribution in [2.45, 2.75) is 0 Å². The summed E-state index contributed by atoms with van der Waals surface area (Å²) in [5.74, 6) is 0. The van der Waals surface area contributed by atoms with E-state index in [1.54, 1.807) is 0 Å². The lowest BCUT2D eigenvalue weighted by molar-refractivity contribution is 0.172. The van der Waals surface area contributed by atoms with Crippen LogP contribution >= 0.6 is 0 Å². The molecule has 0 unspecified atom stereocenters. The number of hydrogen-bond donors (Lipinski definition) is 1. The third kappa shape index (κ3) is 5.67. The molecule has 1 radical (unpaired) electrons. The molecule has 0 rings (SSSR count). The van der Waals surface area contributed by atoms with Crippen LogP contribution in [0.15, 0.2) is 0 Å². The third-order valence-corrected chi connectivity index (χ3v) is 0.605. The van der Waals surface area contributed by atoms with Gasteiger partial charge in [-0.05, 0) is 0 Å². The maximum absolute atomic E-state index is 10.8. The highest BCUT2D eigenvalue weighted by Crippen LogP contribution is 2.02. The van der Waals surface area contributed by atoms with Gasteiger partial charge in [-0.2, -0.15) is 0 Å². The van der Waals surface area contributed by atoms with Crippen molar-refractivity contribution >= 4 is 16.7 Å². The van der Waals surface area contributed by atoms with Crippen molar-refractivity contribution < 1.29 is 17.0 Å². The van der Waals surface area contributed by atoms with Gasteiger partial charge in [0.05, 0.1) is 0 Å². The van der Waals surface area contributed by atoms with Gasteiger partial charge in [0.25, 0.3) is 0 Å². The number of rotatable bonds is 1. The summed E-state index contributed by atoms with van der Waals surface area (Å²) in [6.45, 7) is 0. The van der Waals surface area contributed by atoms with Crippen LogP contribution in [-0.4, -0.2) is 16.7 Å². The maximum Gasteiger partial charge on any atom is 0.943 e. The molecule has 0 atom stereocenters. The molecule has 0 spiro atoms. The van der Waals surface area contributed by atoms with Crippen LogP contribution < -0.4 is 5.40 Å². The summed E-state index contributed by atoms with van der Waals surface area (Å²) in [5, 5.41) is 4.42. The van der Waals surface area contributed by atoms with Gasteiger partial charge in [-0.1, -0.05) is 0 Å². The van der Waals surface area contributed by atoms with Gasteiger partial charge in [0.15, 0.2) is 0 Å². The summed E-state index contributed by atoms with van der Waals surface area (Å²) in [6, 6.07) is 0. The van der Waals surface area contributed by atoms with Gasteiger partial charge in [0.2, 0.25) is 0 Å². The van der Waals surface area contributed by atoms with Gasteiger partial charge in [-0.25, -0.2) is 0 Å². The van der Waals surface area contributed by atoms with E-state index < -0.39 is 16.7 Å². The van der Waals surface area contributed by atoms with Crippen molar-refractivity contribution in [3.63, 3.8) is 0 Å². The highest BCUT2D eigenvalue weighted by molar-refractivity contribution is 6.52. The zero-order valence-electron chi connectivity index (χ0n) is 3.20. The zero-order valence-corrected chi connectivity index (χ0v) is 4.20.